The Kier molecular flexibility index (Phi) is 5.54. The number of rotatable bonds is 8. The zero-order valence-electron chi connectivity index (χ0n) is 13.1. The van der Waals surface area contributed by atoms with Gasteiger partial charge in [0.05, 0.1) is 4.92 Å². The summed E-state index contributed by atoms with van der Waals surface area (Å²) in [6.07, 6.45) is 12.3. The van der Waals surface area contributed by atoms with Gasteiger partial charge >= 0.3 is 0 Å². The van der Waals surface area contributed by atoms with Gasteiger partial charge in [0, 0.05) is 12.1 Å². The van der Waals surface area contributed by atoms with Crippen LogP contribution >= 0.6 is 0 Å². The molecule has 3 nitrogen and oxygen atoms in total. The second-order valence-electron chi connectivity index (χ2n) is 5.94. The molecule has 1 saturated carbocycles. The molecule has 114 valence electrons. The van der Waals surface area contributed by atoms with Crippen LogP contribution in [0.15, 0.2) is 18.2 Å². The molecule has 0 amide bonds. The fourth-order valence-electron chi connectivity index (χ4n) is 2.91. The molecule has 1 aliphatic carbocycles. The van der Waals surface area contributed by atoms with Gasteiger partial charge in [0.1, 0.15) is 0 Å². The predicted octanol–water partition coefficient (Wildman–Crippen LogP) is 5.63. The highest BCUT2D eigenvalue weighted by atomic mass is 16.6. The molecule has 0 aliphatic heterocycles. The van der Waals surface area contributed by atoms with Crippen LogP contribution in [0, 0.1) is 10.1 Å². The van der Waals surface area contributed by atoms with Crippen LogP contribution in [-0.2, 0) is 6.42 Å². The molecular weight excluding hydrogens is 262 g/mol. The summed E-state index contributed by atoms with van der Waals surface area (Å²) < 4.78 is 0. The van der Waals surface area contributed by atoms with Crippen molar-refractivity contribution in [2.75, 3.05) is 0 Å². The first-order chi connectivity index (χ1) is 10.2. The van der Waals surface area contributed by atoms with Crippen molar-refractivity contribution in [1.29, 1.82) is 0 Å². The summed E-state index contributed by atoms with van der Waals surface area (Å²) in [5, 5.41) is 11.1. The standard InChI is InChI=1S/C18H25NO2/c1-3-5-6-7-9-17-15(8-4-2)12-16(19(20)21)13-18(17)14-10-11-14/h4,8,12-14H,3,5-7,9-11H2,1-2H3/b8-4-. The molecule has 21 heavy (non-hydrogen) atoms. The van der Waals surface area contributed by atoms with Crippen LogP contribution in [0.25, 0.3) is 6.08 Å². The number of non-ortho nitro benzene ring substituents is 1. The van der Waals surface area contributed by atoms with Crippen LogP contribution in [-0.4, -0.2) is 4.92 Å². The summed E-state index contributed by atoms with van der Waals surface area (Å²) in [4.78, 5) is 10.9. The van der Waals surface area contributed by atoms with Crippen LogP contribution < -0.4 is 0 Å². The van der Waals surface area contributed by atoms with Gasteiger partial charge in [-0.3, -0.25) is 10.1 Å². The summed E-state index contributed by atoms with van der Waals surface area (Å²) >= 11 is 0. The van der Waals surface area contributed by atoms with E-state index in [-0.39, 0.29) is 10.6 Å². The molecule has 1 aromatic carbocycles. The Labute approximate surface area is 127 Å². The van der Waals surface area contributed by atoms with E-state index in [2.05, 4.69) is 6.92 Å². The maximum atomic E-state index is 11.1. The van der Waals surface area contributed by atoms with Gasteiger partial charge < -0.3 is 0 Å². The zero-order chi connectivity index (χ0) is 15.2. The summed E-state index contributed by atoms with van der Waals surface area (Å²) in [5.74, 6) is 0.551. The Hall–Kier alpha value is -1.64. The molecule has 0 radical (unpaired) electrons. The third kappa shape index (κ3) is 4.16. The highest BCUT2D eigenvalue weighted by Crippen LogP contribution is 2.44. The second-order valence-corrected chi connectivity index (χ2v) is 5.94. The van der Waals surface area contributed by atoms with Crippen molar-refractivity contribution in [3.63, 3.8) is 0 Å². The number of allylic oxidation sites excluding steroid dienone is 1. The number of nitro groups is 1. The molecule has 0 N–H and O–H groups in total. The Morgan fingerprint density at radius 1 is 1.29 bits per heavy atom. The van der Waals surface area contributed by atoms with Crippen molar-refractivity contribution in [1.82, 2.24) is 0 Å². The van der Waals surface area contributed by atoms with Crippen LogP contribution in [0.1, 0.15) is 75.0 Å². The Bertz CT molecular complexity index is 530. The van der Waals surface area contributed by atoms with Crippen molar-refractivity contribution in [3.8, 4) is 0 Å². The summed E-state index contributed by atoms with van der Waals surface area (Å²) in [6, 6.07) is 3.56. The van der Waals surface area contributed by atoms with Crippen molar-refractivity contribution in [2.24, 2.45) is 0 Å². The first kappa shape index (κ1) is 15.7. The average Bonchev–Trinajstić information content (AvgIpc) is 3.29. The molecule has 0 atom stereocenters. The molecule has 1 aliphatic rings. The first-order valence-electron chi connectivity index (χ1n) is 8.11. The minimum atomic E-state index is -0.264. The predicted molar refractivity (Wildman–Crippen MR) is 87.6 cm³/mol. The van der Waals surface area contributed by atoms with E-state index in [1.54, 1.807) is 6.07 Å². The molecule has 0 bridgehead atoms. The summed E-state index contributed by atoms with van der Waals surface area (Å²) in [5.41, 5.74) is 3.86. The second kappa shape index (κ2) is 7.39. The molecule has 0 spiro atoms. The van der Waals surface area contributed by atoms with Gasteiger partial charge in [-0.2, -0.15) is 0 Å². The fourth-order valence-corrected chi connectivity index (χ4v) is 2.91. The van der Waals surface area contributed by atoms with Crippen LogP contribution in [0.4, 0.5) is 5.69 Å². The van der Waals surface area contributed by atoms with Gasteiger partial charge in [0.25, 0.3) is 5.69 Å². The van der Waals surface area contributed by atoms with E-state index >= 15 is 0 Å². The van der Waals surface area contributed by atoms with E-state index in [1.807, 2.05) is 25.1 Å². The van der Waals surface area contributed by atoms with Crippen molar-refractivity contribution in [3.05, 3.63) is 45.0 Å². The largest absolute Gasteiger partial charge is 0.270 e. The zero-order valence-corrected chi connectivity index (χ0v) is 13.1. The number of nitrogens with zero attached hydrogens (tertiary/aromatic N) is 1. The minimum Gasteiger partial charge on any atom is -0.258 e. The van der Waals surface area contributed by atoms with Crippen molar-refractivity contribution < 1.29 is 4.92 Å². The van der Waals surface area contributed by atoms with Gasteiger partial charge in [-0.05, 0) is 55.2 Å². The van der Waals surface area contributed by atoms with E-state index < -0.39 is 0 Å². The van der Waals surface area contributed by atoms with Crippen LogP contribution in [0.5, 0.6) is 0 Å². The lowest BCUT2D eigenvalue weighted by atomic mass is 9.92. The summed E-state index contributed by atoms with van der Waals surface area (Å²) in [7, 11) is 0. The molecule has 0 saturated heterocycles. The number of nitro benzene ring substituents is 1. The van der Waals surface area contributed by atoms with E-state index in [0.29, 0.717) is 5.92 Å². The van der Waals surface area contributed by atoms with Crippen molar-refractivity contribution >= 4 is 11.8 Å². The average molecular weight is 287 g/mol. The smallest absolute Gasteiger partial charge is 0.258 e. The number of benzene rings is 1. The lowest BCUT2D eigenvalue weighted by Crippen LogP contribution is -2.00. The van der Waals surface area contributed by atoms with Gasteiger partial charge in [-0.15, -0.1) is 0 Å². The topological polar surface area (TPSA) is 43.1 Å². The van der Waals surface area contributed by atoms with Crippen LogP contribution in [0.2, 0.25) is 0 Å². The molecule has 0 unspecified atom stereocenters. The molecular formula is C18H25NO2. The molecule has 0 aromatic heterocycles. The molecule has 0 heterocycles. The SMILES string of the molecule is C/C=C\c1cc([N+](=O)[O-])cc(C2CC2)c1CCCCCC. The third-order valence-electron chi connectivity index (χ3n) is 4.16. The Morgan fingerprint density at radius 2 is 2.05 bits per heavy atom. The van der Waals surface area contributed by atoms with E-state index in [1.165, 1.54) is 49.7 Å². The van der Waals surface area contributed by atoms with E-state index in [0.717, 1.165) is 12.0 Å². The Balaban J connectivity index is 2.31. The minimum absolute atomic E-state index is 0.238. The molecule has 2 rings (SSSR count). The first-order valence-corrected chi connectivity index (χ1v) is 8.11. The van der Waals surface area contributed by atoms with E-state index in [9.17, 15) is 10.1 Å². The Morgan fingerprint density at radius 3 is 2.62 bits per heavy atom. The monoisotopic (exact) mass is 287 g/mol. The highest BCUT2D eigenvalue weighted by molar-refractivity contribution is 5.61. The van der Waals surface area contributed by atoms with Crippen LogP contribution in [0.3, 0.4) is 0 Å². The number of hydrogen-bond acceptors (Lipinski definition) is 2. The molecule has 1 aromatic rings. The molecule has 1 fully saturated rings. The lowest BCUT2D eigenvalue weighted by Gasteiger charge is -2.13. The maximum Gasteiger partial charge on any atom is 0.270 e. The number of unbranched alkanes of at least 4 members (excludes halogenated alkanes) is 3. The lowest BCUT2D eigenvalue weighted by molar-refractivity contribution is -0.384. The normalized spacial score (nSPS) is 14.8. The number of hydrogen-bond donors (Lipinski definition) is 0. The summed E-state index contributed by atoms with van der Waals surface area (Å²) in [6.45, 7) is 4.18. The fraction of sp³-hybridized carbons (Fsp3) is 0.556. The van der Waals surface area contributed by atoms with Gasteiger partial charge in [0.15, 0.2) is 0 Å². The van der Waals surface area contributed by atoms with Gasteiger partial charge in [0.2, 0.25) is 0 Å². The highest BCUT2D eigenvalue weighted by Gasteiger charge is 2.28. The van der Waals surface area contributed by atoms with E-state index in [4.69, 9.17) is 0 Å². The maximum absolute atomic E-state index is 11.1. The van der Waals surface area contributed by atoms with Crippen molar-refractivity contribution in [2.45, 2.75) is 64.7 Å². The third-order valence-corrected chi connectivity index (χ3v) is 4.16. The van der Waals surface area contributed by atoms with Gasteiger partial charge in [-0.25, -0.2) is 0 Å². The molecule has 3 heteroatoms. The van der Waals surface area contributed by atoms with Gasteiger partial charge in [-0.1, -0.05) is 38.3 Å². The quantitative estimate of drug-likeness (QED) is 0.353.